The molecule has 1 aromatic carbocycles. The number of hydrogen-bond donors (Lipinski definition) is 1. The Hall–Kier alpha value is -1.10. The van der Waals surface area contributed by atoms with Gasteiger partial charge in [-0.15, -0.1) is 0 Å². The molecular weight excluding hydrogens is 272 g/mol. The smallest absolute Gasteiger partial charge is 0.390 e. The van der Waals surface area contributed by atoms with Crippen molar-refractivity contribution in [1.82, 2.24) is 0 Å². The lowest BCUT2D eigenvalue weighted by atomic mass is 9.75. The van der Waals surface area contributed by atoms with Crippen LogP contribution in [0.4, 0.5) is 17.6 Å². The van der Waals surface area contributed by atoms with Gasteiger partial charge in [0, 0.05) is 6.42 Å². The first-order valence-corrected chi connectivity index (χ1v) is 6.74. The third-order valence-electron chi connectivity index (χ3n) is 4.21. The minimum absolute atomic E-state index is 0.0611. The highest BCUT2D eigenvalue weighted by atomic mass is 19.4. The molecule has 1 aromatic rings. The molecule has 1 aliphatic carbocycles. The number of hydrogen-bond acceptors (Lipinski definition) is 1. The Labute approximate surface area is 115 Å². The van der Waals surface area contributed by atoms with Gasteiger partial charge in [0.2, 0.25) is 0 Å². The average molecular weight is 290 g/mol. The van der Waals surface area contributed by atoms with Crippen molar-refractivity contribution in [2.24, 2.45) is 5.92 Å². The van der Waals surface area contributed by atoms with E-state index in [9.17, 15) is 22.7 Å². The molecule has 0 amide bonds. The molecular formula is C15H18F4O. The molecule has 2 rings (SSSR count). The van der Waals surface area contributed by atoms with Gasteiger partial charge in [0.25, 0.3) is 0 Å². The number of halogens is 4. The van der Waals surface area contributed by atoms with Gasteiger partial charge in [0.15, 0.2) is 0 Å². The topological polar surface area (TPSA) is 20.2 Å². The summed E-state index contributed by atoms with van der Waals surface area (Å²) in [5.41, 5.74) is 0.357. The van der Waals surface area contributed by atoms with Crippen LogP contribution < -0.4 is 0 Å². The molecule has 0 heterocycles. The molecule has 0 atom stereocenters. The molecule has 1 saturated carbocycles. The summed E-state index contributed by atoms with van der Waals surface area (Å²) < 4.78 is 51.0. The van der Waals surface area contributed by atoms with Crippen molar-refractivity contribution >= 4 is 0 Å². The predicted molar refractivity (Wildman–Crippen MR) is 67.8 cm³/mol. The summed E-state index contributed by atoms with van der Waals surface area (Å²) in [6, 6.07) is 4.31. The quantitative estimate of drug-likeness (QED) is 0.811. The van der Waals surface area contributed by atoms with E-state index in [4.69, 9.17) is 0 Å². The molecule has 112 valence electrons. The molecule has 0 unspecified atom stereocenters. The summed E-state index contributed by atoms with van der Waals surface area (Å²) in [7, 11) is 0. The summed E-state index contributed by atoms with van der Waals surface area (Å²) in [6.45, 7) is 1.81. The van der Waals surface area contributed by atoms with Crippen LogP contribution in [0.25, 0.3) is 0 Å². The second-order valence-electron chi connectivity index (χ2n) is 5.79. The fraction of sp³-hybridized carbons (Fsp3) is 0.600. The molecule has 1 aliphatic rings. The second kappa shape index (κ2) is 5.35. The van der Waals surface area contributed by atoms with Crippen LogP contribution in [0.2, 0.25) is 0 Å². The molecule has 5 heteroatoms. The molecule has 1 nitrogen and oxygen atoms in total. The number of benzene rings is 1. The lowest BCUT2D eigenvalue weighted by Crippen LogP contribution is -2.40. The maximum absolute atomic E-state index is 13.2. The molecule has 20 heavy (non-hydrogen) atoms. The van der Waals surface area contributed by atoms with Gasteiger partial charge in [-0.25, -0.2) is 4.39 Å². The van der Waals surface area contributed by atoms with E-state index in [0.717, 1.165) is 5.56 Å². The number of alkyl halides is 3. The SMILES string of the molecule is Cc1ccc(F)cc1CC1(O)CCC(C(F)(F)F)CC1. The van der Waals surface area contributed by atoms with Crippen molar-refractivity contribution in [2.75, 3.05) is 0 Å². The molecule has 0 aliphatic heterocycles. The Morgan fingerprint density at radius 2 is 1.85 bits per heavy atom. The lowest BCUT2D eigenvalue weighted by molar-refractivity contribution is -0.192. The van der Waals surface area contributed by atoms with Crippen LogP contribution >= 0.6 is 0 Å². The third kappa shape index (κ3) is 3.51. The average Bonchev–Trinajstić information content (AvgIpc) is 2.33. The molecule has 1 N–H and O–H groups in total. The van der Waals surface area contributed by atoms with Gasteiger partial charge in [-0.3, -0.25) is 0 Å². The van der Waals surface area contributed by atoms with Crippen molar-refractivity contribution in [3.05, 3.63) is 35.1 Å². The van der Waals surface area contributed by atoms with Crippen molar-refractivity contribution in [3.8, 4) is 0 Å². The van der Waals surface area contributed by atoms with E-state index in [1.165, 1.54) is 12.1 Å². The van der Waals surface area contributed by atoms with E-state index >= 15 is 0 Å². The molecule has 0 saturated heterocycles. The van der Waals surface area contributed by atoms with Crippen molar-refractivity contribution < 1.29 is 22.7 Å². The monoisotopic (exact) mass is 290 g/mol. The summed E-state index contributed by atoms with van der Waals surface area (Å²) in [5, 5.41) is 10.4. The number of rotatable bonds is 2. The minimum Gasteiger partial charge on any atom is -0.390 e. The number of aliphatic hydroxyl groups is 1. The van der Waals surface area contributed by atoms with Gasteiger partial charge in [0.05, 0.1) is 11.5 Å². The van der Waals surface area contributed by atoms with Gasteiger partial charge in [-0.2, -0.15) is 13.2 Å². The van der Waals surface area contributed by atoms with Crippen LogP contribution in [-0.2, 0) is 6.42 Å². The van der Waals surface area contributed by atoms with Crippen LogP contribution in [0.1, 0.15) is 36.8 Å². The fourth-order valence-corrected chi connectivity index (χ4v) is 2.84. The van der Waals surface area contributed by atoms with Crippen LogP contribution in [-0.4, -0.2) is 16.9 Å². The van der Waals surface area contributed by atoms with Crippen molar-refractivity contribution in [3.63, 3.8) is 0 Å². The zero-order valence-electron chi connectivity index (χ0n) is 11.3. The largest absolute Gasteiger partial charge is 0.391 e. The van der Waals surface area contributed by atoms with Crippen molar-refractivity contribution in [1.29, 1.82) is 0 Å². The molecule has 0 spiro atoms. The highest BCUT2D eigenvalue weighted by Gasteiger charge is 2.45. The lowest BCUT2D eigenvalue weighted by Gasteiger charge is -2.37. The first kappa shape index (κ1) is 15.3. The zero-order chi connectivity index (χ0) is 15.0. The first-order valence-electron chi connectivity index (χ1n) is 6.74. The Bertz CT molecular complexity index is 473. The maximum Gasteiger partial charge on any atom is 0.391 e. The summed E-state index contributed by atoms with van der Waals surface area (Å²) in [5.74, 6) is -1.71. The zero-order valence-corrected chi connectivity index (χ0v) is 11.3. The van der Waals surface area contributed by atoms with E-state index in [2.05, 4.69) is 0 Å². The summed E-state index contributed by atoms with van der Waals surface area (Å²) in [6.07, 6.45) is -3.89. The van der Waals surface area contributed by atoms with Crippen LogP contribution in [0.15, 0.2) is 18.2 Å². The van der Waals surface area contributed by atoms with Crippen molar-refractivity contribution in [2.45, 2.75) is 50.8 Å². The van der Waals surface area contributed by atoms with Gasteiger partial charge < -0.3 is 5.11 Å². The predicted octanol–water partition coefficient (Wildman–Crippen LogP) is 4.16. The maximum atomic E-state index is 13.2. The van der Waals surface area contributed by atoms with Gasteiger partial charge >= 0.3 is 6.18 Å². The molecule has 0 bridgehead atoms. The summed E-state index contributed by atoms with van der Waals surface area (Å²) >= 11 is 0. The van der Waals surface area contributed by atoms with E-state index in [0.29, 0.717) is 5.56 Å². The Morgan fingerprint density at radius 1 is 1.25 bits per heavy atom. The first-order chi connectivity index (χ1) is 9.20. The molecule has 0 aromatic heterocycles. The van der Waals surface area contributed by atoms with Crippen LogP contribution in [0, 0.1) is 18.7 Å². The standard InChI is InChI=1S/C15H18F4O/c1-10-2-3-13(16)8-11(10)9-14(20)6-4-12(5-7-14)15(17,18)19/h2-3,8,12,20H,4-7,9H2,1H3. The van der Waals surface area contributed by atoms with Gasteiger partial charge in [0.1, 0.15) is 5.82 Å². The molecule has 1 fully saturated rings. The van der Waals surface area contributed by atoms with Gasteiger partial charge in [-0.05, 0) is 55.9 Å². The van der Waals surface area contributed by atoms with E-state index < -0.39 is 23.5 Å². The Balaban J connectivity index is 2.05. The Kier molecular flexibility index (Phi) is 4.09. The highest BCUT2D eigenvalue weighted by Crippen LogP contribution is 2.42. The Morgan fingerprint density at radius 3 is 2.40 bits per heavy atom. The summed E-state index contributed by atoms with van der Waals surface area (Å²) in [4.78, 5) is 0. The number of aryl methyl sites for hydroxylation is 1. The van der Waals surface area contributed by atoms with Gasteiger partial charge in [-0.1, -0.05) is 6.07 Å². The van der Waals surface area contributed by atoms with E-state index in [1.54, 1.807) is 13.0 Å². The van der Waals surface area contributed by atoms with E-state index in [-0.39, 0.29) is 32.1 Å². The highest BCUT2D eigenvalue weighted by molar-refractivity contribution is 5.28. The third-order valence-corrected chi connectivity index (χ3v) is 4.21. The van der Waals surface area contributed by atoms with Crippen LogP contribution in [0.5, 0.6) is 0 Å². The second-order valence-corrected chi connectivity index (χ2v) is 5.79. The molecule has 0 radical (unpaired) electrons. The normalized spacial score (nSPS) is 27.6. The van der Waals surface area contributed by atoms with Crippen LogP contribution in [0.3, 0.4) is 0 Å². The minimum atomic E-state index is -4.18. The van der Waals surface area contributed by atoms with E-state index in [1.807, 2.05) is 0 Å². The fourth-order valence-electron chi connectivity index (χ4n) is 2.84.